The number of ether oxygens (including phenoxy) is 5. The van der Waals surface area contributed by atoms with Crippen LogP contribution in [0.3, 0.4) is 0 Å². The van der Waals surface area contributed by atoms with Crippen LogP contribution in [0, 0.1) is 0 Å². The van der Waals surface area contributed by atoms with Gasteiger partial charge in [0.1, 0.15) is 37.5 Å². The van der Waals surface area contributed by atoms with E-state index in [1.807, 2.05) is 60.7 Å². The molecule has 0 bridgehead atoms. The topological polar surface area (TPSA) is 142 Å². The number of aromatic nitrogens is 4. The lowest BCUT2D eigenvalue weighted by atomic mass is 10.2. The van der Waals surface area contributed by atoms with Gasteiger partial charge < -0.3 is 39.4 Å². The van der Waals surface area contributed by atoms with Crippen LogP contribution in [-0.4, -0.2) is 84.2 Å². The van der Waals surface area contributed by atoms with E-state index in [0.29, 0.717) is 66.2 Å². The van der Waals surface area contributed by atoms with Gasteiger partial charge >= 0.3 is 11.4 Å². The van der Waals surface area contributed by atoms with E-state index in [-0.39, 0.29) is 13.2 Å². The van der Waals surface area contributed by atoms with Crippen LogP contribution in [0.15, 0.2) is 94.4 Å². The number of anilines is 4. The van der Waals surface area contributed by atoms with Crippen LogP contribution in [0.4, 0.5) is 23.0 Å². The van der Waals surface area contributed by atoms with Crippen LogP contribution in [0.2, 0.25) is 0 Å². The highest BCUT2D eigenvalue weighted by atomic mass is 79.9. The minimum Gasteiger partial charge on any atom is -0.504 e. The van der Waals surface area contributed by atoms with Gasteiger partial charge in [0.05, 0.1) is 31.4 Å². The second-order valence-electron chi connectivity index (χ2n) is 10.5. The number of halogens is 5. The van der Waals surface area contributed by atoms with Gasteiger partial charge in [-0.15, -0.1) is 0 Å². The molecule has 0 saturated heterocycles. The average Bonchev–Trinajstić information content (AvgIpc) is 3.12. The first kappa shape index (κ1) is 45.0. The molecule has 0 unspecified atom stereocenters. The smallest absolute Gasteiger partial charge is 0.504 e. The molecule has 0 atom stereocenters. The van der Waals surface area contributed by atoms with Crippen LogP contribution < -0.4 is 24.8 Å². The zero-order valence-electron chi connectivity index (χ0n) is 28.7. The summed E-state index contributed by atoms with van der Waals surface area (Å²) in [7, 11) is 19.7. The van der Waals surface area contributed by atoms with E-state index in [9.17, 15) is 5.11 Å². The van der Waals surface area contributed by atoms with Gasteiger partial charge in [0, 0.05) is 57.4 Å². The molecule has 286 valence electrons. The fourth-order valence-electron chi connectivity index (χ4n) is 4.60. The van der Waals surface area contributed by atoms with Gasteiger partial charge in [-0.3, -0.25) is 0 Å². The SMILES string of the molecule is C.COCCOc1cc2ncnc(Nc3cccc(Br)c3)c2cc1O.COCCOc1cc2ncnc(Nc3cccc(Br)c3)c2cc1OC.[Cl][Al]([Cl])[Cl]. The molecule has 3 N–H and O–H groups in total. The Labute approximate surface area is 347 Å². The van der Waals surface area contributed by atoms with Crippen molar-refractivity contribution in [1.82, 2.24) is 19.9 Å². The van der Waals surface area contributed by atoms with E-state index in [4.69, 9.17) is 53.8 Å². The third kappa shape index (κ3) is 14.1. The van der Waals surface area contributed by atoms with Gasteiger partial charge in [-0.05, 0) is 48.5 Å². The molecule has 0 saturated carbocycles. The fourth-order valence-corrected chi connectivity index (χ4v) is 5.40. The Balaban J connectivity index is 0.000000260. The number of methoxy groups -OCH3 is 3. The lowest BCUT2D eigenvalue weighted by Gasteiger charge is -2.13. The molecule has 4 aromatic carbocycles. The first-order valence-corrected chi connectivity index (χ1v) is 22.5. The maximum Gasteiger partial charge on any atom is 0.643 e. The normalized spacial score (nSPS) is 10.2. The van der Waals surface area contributed by atoms with Gasteiger partial charge in [0.25, 0.3) is 0 Å². The van der Waals surface area contributed by atoms with Crippen molar-refractivity contribution in [2.24, 2.45) is 0 Å². The summed E-state index contributed by atoms with van der Waals surface area (Å²) in [6.07, 6.45) is 2.99. The fraction of sp³-hybridized carbons (Fsp3) is 0.222. The van der Waals surface area contributed by atoms with Crippen molar-refractivity contribution < 1.29 is 28.8 Å². The van der Waals surface area contributed by atoms with Crippen LogP contribution in [0.5, 0.6) is 23.0 Å². The van der Waals surface area contributed by atoms with Crippen LogP contribution in [-0.2, 0) is 9.47 Å². The average molecular weight is 944 g/mol. The zero-order chi connectivity index (χ0) is 38.2. The third-order valence-corrected chi connectivity index (χ3v) is 7.89. The van der Waals surface area contributed by atoms with Crippen LogP contribution >= 0.6 is 62.0 Å². The quantitative estimate of drug-likeness (QED) is 0.0749. The molecule has 2 aromatic heterocycles. The van der Waals surface area contributed by atoms with E-state index in [1.54, 1.807) is 33.5 Å². The Kier molecular flexibility index (Phi) is 19.6. The molecule has 0 aliphatic heterocycles. The molecular weight excluding hydrogens is 906 g/mol. The maximum absolute atomic E-state index is 10.2. The number of phenolic OH excluding ortho intramolecular Hbond substituents is 1. The standard InChI is InChI=1S/C18H18BrN3O3.C17H16BrN3O3.CH4.Al.3ClH/c1-23-6-7-25-17-10-15-14(9-16(17)24-2)18(21-11-20-15)22-13-5-3-4-12(19)8-13;1-23-5-6-24-16-9-14-13(8-15(16)22)17(20-10-19-14)21-12-4-2-3-11(18)7-12;;;;;/h3-5,8-11H,6-7H2,1-2H3,(H,20,21,22);2-4,7-10,22H,5-6H2,1H3,(H,19,20,21);1H4;;3*1H/q;;;+3;;;/p-3. The molecule has 12 nitrogen and oxygen atoms in total. The van der Waals surface area contributed by atoms with Crippen molar-refractivity contribution in [3.05, 3.63) is 94.4 Å². The maximum atomic E-state index is 10.2. The second-order valence-corrected chi connectivity index (χ2v) is 18.8. The highest BCUT2D eigenvalue weighted by Crippen LogP contribution is 2.36. The summed E-state index contributed by atoms with van der Waals surface area (Å²) in [4.78, 5) is 17.2. The zero-order valence-corrected chi connectivity index (χ0v) is 35.3. The lowest BCUT2D eigenvalue weighted by Crippen LogP contribution is -2.05. The van der Waals surface area contributed by atoms with E-state index in [1.165, 1.54) is 12.7 Å². The lowest BCUT2D eigenvalue weighted by molar-refractivity contribution is 0.144. The summed E-state index contributed by atoms with van der Waals surface area (Å²) in [6, 6.07) is 22.6. The third-order valence-electron chi connectivity index (χ3n) is 6.90. The minimum absolute atomic E-state index is 0. The first-order chi connectivity index (χ1) is 25.6. The van der Waals surface area contributed by atoms with Crippen molar-refractivity contribution in [3.63, 3.8) is 0 Å². The molecule has 0 spiro atoms. The number of nitrogens with one attached hydrogen (secondary N) is 2. The molecule has 0 amide bonds. The summed E-state index contributed by atoms with van der Waals surface area (Å²) in [5.74, 6) is 2.95. The number of nitrogens with zero attached hydrogens (tertiary/aromatic N) is 4. The molecule has 18 heteroatoms. The molecule has 6 aromatic rings. The van der Waals surface area contributed by atoms with Gasteiger partial charge in [-0.2, -0.15) is 0 Å². The molecule has 0 aliphatic carbocycles. The second kappa shape index (κ2) is 23.5. The van der Waals surface area contributed by atoms with Crippen LogP contribution in [0.25, 0.3) is 21.8 Å². The number of rotatable bonds is 13. The summed E-state index contributed by atoms with van der Waals surface area (Å²) < 4.78 is 28.6. The number of hydrogen-bond donors (Lipinski definition) is 3. The predicted molar refractivity (Wildman–Crippen MR) is 227 cm³/mol. The van der Waals surface area contributed by atoms with Crippen molar-refractivity contribution in [3.8, 4) is 23.0 Å². The number of fused-ring (bicyclic) bond motifs is 2. The summed E-state index contributed by atoms with van der Waals surface area (Å²) in [5, 5.41) is 18.3. The summed E-state index contributed by atoms with van der Waals surface area (Å²) in [5.41, 5.74) is 3.24. The van der Waals surface area contributed by atoms with Crippen molar-refractivity contribution in [2.75, 3.05) is 58.4 Å². The van der Waals surface area contributed by atoms with Crippen molar-refractivity contribution in [1.29, 1.82) is 0 Å². The Morgan fingerprint density at radius 3 is 1.56 bits per heavy atom. The molecule has 0 radical (unpaired) electrons. The van der Waals surface area contributed by atoms with Gasteiger partial charge in [0.15, 0.2) is 23.0 Å². The number of aromatic hydroxyl groups is 1. The summed E-state index contributed by atoms with van der Waals surface area (Å²) >= 11 is 5.18. The van der Waals surface area contributed by atoms with E-state index < -0.39 is 11.4 Å². The number of phenols is 1. The largest absolute Gasteiger partial charge is 0.643 e. The molecular formula is C36H38AlBr2Cl3N6O6. The van der Waals surface area contributed by atoms with E-state index in [0.717, 1.165) is 31.2 Å². The molecule has 0 aliphatic rings. The molecule has 6 rings (SSSR count). The van der Waals surface area contributed by atoms with Gasteiger partial charge in [-0.25, -0.2) is 50.1 Å². The number of hydrogen-bond acceptors (Lipinski definition) is 12. The highest BCUT2D eigenvalue weighted by Gasteiger charge is 2.13. The van der Waals surface area contributed by atoms with Crippen molar-refractivity contribution >= 4 is 118 Å². The van der Waals surface area contributed by atoms with Crippen LogP contribution in [0.1, 0.15) is 7.43 Å². The molecule has 0 fully saturated rings. The number of benzene rings is 4. The Morgan fingerprint density at radius 1 is 0.630 bits per heavy atom. The first-order valence-electron chi connectivity index (χ1n) is 15.6. The van der Waals surface area contributed by atoms with Crippen molar-refractivity contribution in [2.45, 2.75) is 7.43 Å². The minimum atomic E-state index is -1.72. The Bertz CT molecular complexity index is 2090. The van der Waals surface area contributed by atoms with E-state index in [2.05, 4.69) is 62.4 Å². The monoisotopic (exact) mass is 940 g/mol. The van der Waals surface area contributed by atoms with Gasteiger partial charge in [0.2, 0.25) is 0 Å². The summed E-state index contributed by atoms with van der Waals surface area (Å²) in [6.45, 7) is 1.73. The molecule has 2 heterocycles. The van der Waals surface area contributed by atoms with Gasteiger partial charge in [-0.1, -0.05) is 51.4 Å². The predicted octanol–water partition coefficient (Wildman–Crippen LogP) is 10.4. The Morgan fingerprint density at radius 2 is 1.09 bits per heavy atom. The van der Waals surface area contributed by atoms with E-state index >= 15 is 0 Å². The molecule has 54 heavy (non-hydrogen) atoms. The Hall–Kier alpha value is -3.36. The highest BCUT2D eigenvalue weighted by molar-refractivity contribution is 9.10.